The molecule has 0 spiro atoms. The fourth-order valence-electron chi connectivity index (χ4n) is 3.87. The van der Waals surface area contributed by atoms with Gasteiger partial charge in [0.15, 0.2) is 17.4 Å². The molecule has 1 atom stereocenters. The predicted octanol–water partition coefficient (Wildman–Crippen LogP) is 4.74. The zero-order valence-electron chi connectivity index (χ0n) is 22.0. The molecule has 0 aliphatic carbocycles. The Morgan fingerprint density at radius 2 is 1.66 bits per heavy atom. The Labute approximate surface area is 221 Å². The Hall–Kier alpha value is -4.32. The van der Waals surface area contributed by atoms with Gasteiger partial charge in [0.05, 0.1) is 14.2 Å². The molecule has 0 saturated carbocycles. The molecule has 0 aliphatic rings. The summed E-state index contributed by atoms with van der Waals surface area (Å²) in [6, 6.07) is 21.8. The first-order chi connectivity index (χ1) is 18.0. The number of halogens is 2. The van der Waals surface area contributed by atoms with Gasteiger partial charge in [0.25, 0.3) is 0 Å². The molecule has 0 saturated heterocycles. The first-order valence-electron chi connectivity index (χ1n) is 11.8. The van der Waals surface area contributed by atoms with Gasteiger partial charge >= 0.3 is 6.11 Å². The lowest BCUT2D eigenvalue weighted by molar-refractivity contribution is -0.159. The van der Waals surface area contributed by atoms with E-state index in [4.69, 9.17) is 9.47 Å². The van der Waals surface area contributed by atoms with Gasteiger partial charge in [-0.2, -0.15) is 8.78 Å². The number of alkyl halides is 2. The van der Waals surface area contributed by atoms with Crippen LogP contribution < -0.4 is 19.1 Å². The molecule has 0 heterocycles. The quantitative estimate of drug-likeness (QED) is 0.339. The van der Waals surface area contributed by atoms with Crippen LogP contribution in [0.2, 0.25) is 0 Å². The van der Waals surface area contributed by atoms with E-state index < -0.39 is 23.8 Å². The van der Waals surface area contributed by atoms with Crippen molar-refractivity contribution in [2.45, 2.75) is 25.4 Å². The van der Waals surface area contributed by atoms with Crippen molar-refractivity contribution in [2.75, 3.05) is 39.8 Å². The highest BCUT2D eigenvalue weighted by Crippen LogP contribution is 2.30. The molecule has 2 amide bonds. The lowest BCUT2D eigenvalue weighted by atomic mass is 9.96. The van der Waals surface area contributed by atoms with Crippen LogP contribution in [0, 0.1) is 12.1 Å². The van der Waals surface area contributed by atoms with Gasteiger partial charge in [-0.3, -0.25) is 9.59 Å². The van der Waals surface area contributed by atoms with Gasteiger partial charge in [0, 0.05) is 38.8 Å². The number of likely N-dealkylation sites (N-methyl/N-ethyl adjacent to an activating group) is 1. The monoisotopic (exact) mass is 524 g/mol. The van der Waals surface area contributed by atoms with Crippen molar-refractivity contribution in [3.05, 3.63) is 83.9 Å². The molecular formula is C29H30F2N2O5. The van der Waals surface area contributed by atoms with Gasteiger partial charge in [0.2, 0.25) is 11.8 Å². The number of amides is 2. The number of nitrogens with zero attached hydrogens (tertiary/aromatic N) is 2. The van der Waals surface area contributed by atoms with Crippen LogP contribution in [0.15, 0.2) is 60.7 Å². The number of carbonyl (C=O) groups is 2. The molecule has 200 valence electrons. The van der Waals surface area contributed by atoms with Gasteiger partial charge < -0.3 is 24.0 Å². The van der Waals surface area contributed by atoms with Crippen LogP contribution in [0.25, 0.3) is 0 Å². The molecule has 38 heavy (non-hydrogen) atoms. The topological polar surface area (TPSA) is 68.3 Å². The number of anilines is 1. The third-order valence-electron chi connectivity index (χ3n) is 5.70. The van der Waals surface area contributed by atoms with E-state index in [0.29, 0.717) is 36.1 Å². The Balaban J connectivity index is 1.99. The molecule has 3 aromatic rings. The highest BCUT2D eigenvalue weighted by atomic mass is 19.3. The molecule has 0 aromatic heterocycles. The molecule has 0 radical (unpaired) electrons. The first-order valence-corrected chi connectivity index (χ1v) is 11.8. The summed E-state index contributed by atoms with van der Waals surface area (Å²) in [5.41, 5.74) is 1.65. The summed E-state index contributed by atoms with van der Waals surface area (Å²) in [5, 5.41) is 0. The minimum Gasteiger partial charge on any atom is -0.493 e. The number of hydrogen-bond donors (Lipinski definition) is 0. The second kappa shape index (κ2) is 12.3. The summed E-state index contributed by atoms with van der Waals surface area (Å²) in [7, 11) is 6.21. The largest absolute Gasteiger partial charge is 0.493 e. The molecule has 9 heteroatoms. The maximum Gasteiger partial charge on any atom is 0.394 e. The molecule has 3 rings (SSSR count). The molecule has 7 nitrogen and oxygen atoms in total. The van der Waals surface area contributed by atoms with Crippen molar-refractivity contribution >= 4 is 17.5 Å². The molecule has 3 aromatic carbocycles. The minimum atomic E-state index is -3.35. The molecule has 0 N–H and O–H groups in total. The highest BCUT2D eigenvalue weighted by Gasteiger charge is 2.34. The van der Waals surface area contributed by atoms with E-state index in [0.717, 1.165) is 5.56 Å². The highest BCUT2D eigenvalue weighted by molar-refractivity contribution is 6.12. The fraction of sp³-hybridized carbons (Fsp3) is 0.310. The van der Waals surface area contributed by atoms with E-state index in [1.807, 2.05) is 12.1 Å². The van der Waals surface area contributed by atoms with E-state index in [-0.39, 0.29) is 12.3 Å². The van der Waals surface area contributed by atoms with Gasteiger partial charge in [-0.05, 0) is 60.5 Å². The summed E-state index contributed by atoms with van der Waals surface area (Å²) in [6.45, 7) is 0.830. The third-order valence-corrected chi connectivity index (χ3v) is 5.70. The van der Waals surface area contributed by atoms with Gasteiger partial charge in [-0.1, -0.05) is 24.3 Å². The van der Waals surface area contributed by atoms with Crippen molar-refractivity contribution in [1.29, 1.82) is 0 Å². The van der Waals surface area contributed by atoms with E-state index >= 15 is 0 Å². The normalized spacial score (nSPS) is 11.7. The Bertz CT molecular complexity index is 1230. The maximum atomic E-state index is 14.0. The summed E-state index contributed by atoms with van der Waals surface area (Å²) >= 11 is 0. The Kier molecular flexibility index (Phi) is 9.13. The first kappa shape index (κ1) is 28.3. The van der Waals surface area contributed by atoms with Crippen molar-refractivity contribution < 1.29 is 32.6 Å². The van der Waals surface area contributed by atoms with Crippen LogP contribution in [-0.2, 0) is 16.0 Å². The van der Waals surface area contributed by atoms with Crippen LogP contribution in [-0.4, -0.2) is 57.7 Å². The van der Waals surface area contributed by atoms with Gasteiger partial charge in [-0.15, -0.1) is 0 Å². The molecular weight excluding hydrogens is 494 g/mol. The fourth-order valence-corrected chi connectivity index (χ4v) is 3.87. The number of rotatable bonds is 11. The lowest BCUT2D eigenvalue weighted by Crippen LogP contribution is -2.43. The number of methoxy groups -OCH3 is 2. The van der Waals surface area contributed by atoms with Gasteiger partial charge in [0.1, 0.15) is 5.75 Å². The summed E-state index contributed by atoms with van der Waals surface area (Å²) < 4.78 is 42.0. The number of benzene rings is 2. The average Bonchev–Trinajstić information content (AvgIpc) is 2.89. The van der Waals surface area contributed by atoms with Gasteiger partial charge in [-0.25, -0.2) is 0 Å². The van der Waals surface area contributed by atoms with E-state index in [1.54, 1.807) is 45.5 Å². The second-order valence-corrected chi connectivity index (χ2v) is 8.75. The Morgan fingerprint density at radius 3 is 2.21 bits per heavy atom. The molecule has 0 bridgehead atoms. The molecule has 1 unspecified atom stereocenters. The van der Waals surface area contributed by atoms with E-state index in [9.17, 15) is 18.4 Å². The second-order valence-electron chi connectivity index (χ2n) is 8.75. The predicted molar refractivity (Wildman–Crippen MR) is 139 cm³/mol. The van der Waals surface area contributed by atoms with Crippen molar-refractivity contribution in [3.63, 3.8) is 0 Å². The zero-order chi connectivity index (χ0) is 27.9. The van der Waals surface area contributed by atoms with Crippen molar-refractivity contribution in [1.82, 2.24) is 4.90 Å². The SMILES string of the molecule is COc1ccc(CCN(C(=O)C(C(=O)N(C)C)c2c#cccc2)c2ccc(OC(C)(F)F)cc2)cc1OC. The van der Waals surface area contributed by atoms with Crippen molar-refractivity contribution in [3.8, 4) is 17.2 Å². The molecule has 0 aliphatic heterocycles. The van der Waals surface area contributed by atoms with Crippen LogP contribution in [0.1, 0.15) is 24.0 Å². The number of hydrogen-bond acceptors (Lipinski definition) is 5. The zero-order valence-corrected chi connectivity index (χ0v) is 22.0. The lowest BCUT2D eigenvalue weighted by Gasteiger charge is -2.28. The standard InChI is InChI=1S/C29H30F2N2O5/c1-29(30,31)38-23-14-12-22(13-15-23)33(18-17-20-11-16-24(36-4)25(19-20)37-5)28(35)26(27(34)32(2)3)21-9-7-6-8-10-21/h6-7,9,11-16,19,26H,17-18H2,1-5H3. The summed E-state index contributed by atoms with van der Waals surface area (Å²) in [4.78, 5) is 30.0. The summed E-state index contributed by atoms with van der Waals surface area (Å²) in [5.74, 6) is -1.04. The van der Waals surface area contributed by atoms with E-state index in [1.165, 1.54) is 41.2 Å². The van der Waals surface area contributed by atoms with Crippen LogP contribution in [0.5, 0.6) is 17.2 Å². The number of carbonyl (C=O) groups excluding carboxylic acids is 2. The van der Waals surface area contributed by atoms with Crippen molar-refractivity contribution in [2.24, 2.45) is 0 Å². The Morgan fingerprint density at radius 1 is 0.974 bits per heavy atom. The summed E-state index contributed by atoms with van der Waals surface area (Å²) in [6.07, 6.45) is -2.95. The molecule has 0 fully saturated rings. The van der Waals surface area contributed by atoms with Crippen LogP contribution >= 0.6 is 0 Å². The van der Waals surface area contributed by atoms with Crippen LogP contribution in [0.3, 0.4) is 0 Å². The maximum absolute atomic E-state index is 14.0. The van der Waals surface area contributed by atoms with Crippen LogP contribution in [0.4, 0.5) is 14.5 Å². The third kappa shape index (κ3) is 7.13. The minimum absolute atomic E-state index is 0.0551. The van der Waals surface area contributed by atoms with E-state index in [2.05, 4.69) is 16.9 Å². The number of ether oxygens (including phenoxy) is 3. The average molecular weight is 525 g/mol. The smallest absolute Gasteiger partial charge is 0.394 e.